The van der Waals surface area contributed by atoms with Crippen molar-refractivity contribution in [2.24, 2.45) is 0 Å². The lowest BCUT2D eigenvalue weighted by atomic mass is 10.1. The molecule has 4 heterocycles. The van der Waals surface area contributed by atoms with Crippen LogP contribution in [0.25, 0.3) is 28.0 Å². The van der Waals surface area contributed by atoms with Gasteiger partial charge in [-0.3, -0.25) is 4.79 Å². The zero-order chi connectivity index (χ0) is 23.7. The fraction of sp³-hybridized carbons (Fsp3) is 0.125. The second-order valence-corrected chi connectivity index (χ2v) is 7.53. The van der Waals surface area contributed by atoms with Gasteiger partial charge in [0.05, 0.1) is 17.9 Å². The topological polar surface area (TPSA) is 90.5 Å². The third-order valence-electron chi connectivity index (χ3n) is 5.37. The van der Waals surface area contributed by atoms with Gasteiger partial charge in [0.1, 0.15) is 5.69 Å². The molecule has 0 spiro atoms. The van der Waals surface area contributed by atoms with E-state index in [4.69, 9.17) is 0 Å². The molecule has 34 heavy (non-hydrogen) atoms. The molecule has 0 unspecified atom stereocenters. The van der Waals surface area contributed by atoms with Crippen molar-refractivity contribution in [3.8, 4) is 16.9 Å². The Morgan fingerprint density at radius 3 is 2.59 bits per heavy atom. The number of fused-ring (bicyclic) bond motifs is 1. The molecule has 170 valence electrons. The Morgan fingerprint density at radius 1 is 1.03 bits per heavy atom. The van der Waals surface area contributed by atoms with Crippen LogP contribution < -0.4 is 10.9 Å². The van der Waals surface area contributed by atoms with E-state index in [0.717, 1.165) is 5.39 Å². The van der Waals surface area contributed by atoms with E-state index in [2.05, 4.69) is 25.4 Å². The quantitative estimate of drug-likeness (QED) is 0.412. The van der Waals surface area contributed by atoms with E-state index in [-0.39, 0.29) is 11.1 Å². The minimum Gasteiger partial charge on any atom is -0.357 e. The third-order valence-corrected chi connectivity index (χ3v) is 5.37. The summed E-state index contributed by atoms with van der Waals surface area (Å²) >= 11 is 0. The molecule has 5 aromatic rings. The molecule has 10 heteroatoms. The van der Waals surface area contributed by atoms with Crippen molar-refractivity contribution >= 4 is 17.0 Å². The summed E-state index contributed by atoms with van der Waals surface area (Å²) in [6.45, 7) is 0.295. The van der Waals surface area contributed by atoms with Crippen LogP contribution >= 0.6 is 0 Å². The number of rotatable bonds is 6. The van der Waals surface area contributed by atoms with E-state index in [1.807, 2.05) is 6.07 Å². The molecule has 0 atom stereocenters. The smallest absolute Gasteiger partial charge is 0.263 e. The Morgan fingerprint density at radius 2 is 1.85 bits per heavy atom. The van der Waals surface area contributed by atoms with Crippen LogP contribution in [0.4, 0.5) is 14.7 Å². The predicted molar refractivity (Wildman–Crippen MR) is 124 cm³/mol. The van der Waals surface area contributed by atoms with Gasteiger partial charge in [0.2, 0.25) is 5.95 Å². The van der Waals surface area contributed by atoms with E-state index in [1.54, 1.807) is 65.2 Å². The number of nitrogens with zero attached hydrogens (tertiary/aromatic N) is 6. The molecule has 0 aliphatic carbocycles. The zero-order valence-electron chi connectivity index (χ0n) is 18.1. The standard InChI is InChI=1S/C24H19F2N7O/c1-27-24-29-11-8-17(30-24)14-32-12-9-16(13-20(32)34)21-19-3-2-10-28-23(19)33(31-21)18-6-4-15(5-7-18)22(25)26/h2-13,22H,14H2,1H3,(H,27,29,30). The number of aromatic nitrogens is 6. The Bertz CT molecular complexity index is 1530. The molecule has 1 aromatic carbocycles. The van der Waals surface area contributed by atoms with Gasteiger partial charge in [0.25, 0.3) is 12.0 Å². The van der Waals surface area contributed by atoms with E-state index in [1.165, 1.54) is 18.2 Å². The van der Waals surface area contributed by atoms with Crippen molar-refractivity contribution in [1.29, 1.82) is 0 Å². The largest absolute Gasteiger partial charge is 0.357 e. The van der Waals surface area contributed by atoms with Crippen molar-refractivity contribution in [2.45, 2.75) is 13.0 Å². The first kappa shape index (κ1) is 21.4. The number of hydrogen-bond donors (Lipinski definition) is 1. The van der Waals surface area contributed by atoms with Gasteiger partial charge in [0, 0.05) is 48.2 Å². The van der Waals surface area contributed by atoms with Gasteiger partial charge in [-0.25, -0.2) is 28.4 Å². The van der Waals surface area contributed by atoms with Gasteiger partial charge in [-0.05, 0) is 36.4 Å². The Hall–Kier alpha value is -4.47. The van der Waals surface area contributed by atoms with Crippen LogP contribution in [0, 0.1) is 0 Å². The molecule has 0 saturated carbocycles. The van der Waals surface area contributed by atoms with Gasteiger partial charge >= 0.3 is 0 Å². The summed E-state index contributed by atoms with van der Waals surface area (Å²) < 4.78 is 29.0. The summed E-state index contributed by atoms with van der Waals surface area (Å²) in [5.74, 6) is 0.480. The molecule has 1 N–H and O–H groups in total. The molecule has 0 saturated heterocycles. The minimum absolute atomic E-state index is 0.0671. The maximum absolute atomic E-state index is 12.9. The first-order valence-corrected chi connectivity index (χ1v) is 10.5. The SMILES string of the molecule is CNc1nccc(Cn2ccc(-c3nn(-c4ccc(C(F)F)cc4)c4ncccc34)cc2=O)n1. The fourth-order valence-corrected chi connectivity index (χ4v) is 3.67. The van der Waals surface area contributed by atoms with Crippen molar-refractivity contribution in [1.82, 2.24) is 29.3 Å². The average Bonchev–Trinajstić information content (AvgIpc) is 3.25. The molecular weight excluding hydrogens is 440 g/mol. The zero-order valence-corrected chi connectivity index (χ0v) is 18.1. The Balaban J connectivity index is 1.53. The van der Waals surface area contributed by atoms with Crippen LogP contribution in [0.1, 0.15) is 17.7 Å². The van der Waals surface area contributed by atoms with Crippen LogP contribution in [0.3, 0.4) is 0 Å². The summed E-state index contributed by atoms with van der Waals surface area (Å²) in [7, 11) is 1.73. The summed E-state index contributed by atoms with van der Waals surface area (Å²) in [5, 5.41) is 8.29. The lowest BCUT2D eigenvalue weighted by Crippen LogP contribution is -2.20. The summed E-state index contributed by atoms with van der Waals surface area (Å²) in [5.41, 5.74) is 2.77. The van der Waals surface area contributed by atoms with Crippen molar-refractivity contribution < 1.29 is 8.78 Å². The number of anilines is 1. The first-order valence-electron chi connectivity index (χ1n) is 10.5. The van der Waals surface area contributed by atoms with Crippen LogP contribution in [0.5, 0.6) is 0 Å². The van der Waals surface area contributed by atoms with Crippen molar-refractivity contribution in [2.75, 3.05) is 12.4 Å². The van der Waals surface area contributed by atoms with Gasteiger partial charge in [-0.1, -0.05) is 12.1 Å². The monoisotopic (exact) mass is 459 g/mol. The first-order chi connectivity index (χ1) is 16.5. The number of benzene rings is 1. The molecule has 0 bridgehead atoms. The molecule has 8 nitrogen and oxygen atoms in total. The highest BCUT2D eigenvalue weighted by atomic mass is 19.3. The third kappa shape index (κ3) is 4.01. The van der Waals surface area contributed by atoms with E-state index in [9.17, 15) is 13.6 Å². The summed E-state index contributed by atoms with van der Waals surface area (Å²) in [4.78, 5) is 25.7. The average molecular weight is 459 g/mol. The normalized spacial score (nSPS) is 11.3. The lowest BCUT2D eigenvalue weighted by Gasteiger charge is -2.07. The van der Waals surface area contributed by atoms with Gasteiger partial charge in [-0.15, -0.1) is 0 Å². The van der Waals surface area contributed by atoms with Crippen LogP contribution in [-0.4, -0.2) is 36.3 Å². The number of hydrogen-bond acceptors (Lipinski definition) is 6. The second-order valence-electron chi connectivity index (χ2n) is 7.53. The predicted octanol–water partition coefficient (Wildman–Crippen LogP) is 4.07. The highest BCUT2D eigenvalue weighted by molar-refractivity contribution is 5.91. The van der Waals surface area contributed by atoms with Crippen molar-refractivity contribution in [3.05, 3.63) is 94.8 Å². The van der Waals surface area contributed by atoms with E-state index in [0.29, 0.717) is 40.8 Å². The molecule has 4 aromatic heterocycles. The van der Waals surface area contributed by atoms with E-state index < -0.39 is 6.43 Å². The molecular formula is C24H19F2N7O. The molecule has 0 aliphatic heterocycles. The van der Waals surface area contributed by atoms with Crippen molar-refractivity contribution in [3.63, 3.8) is 0 Å². The van der Waals surface area contributed by atoms with Crippen LogP contribution in [-0.2, 0) is 6.54 Å². The molecule has 0 radical (unpaired) electrons. The molecule has 5 rings (SSSR count). The highest BCUT2D eigenvalue weighted by Crippen LogP contribution is 2.28. The lowest BCUT2D eigenvalue weighted by molar-refractivity contribution is 0.151. The Labute approximate surface area is 192 Å². The fourth-order valence-electron chi connectivity index (χ4n) is 3.67. The molecule has 0 fully saturated rings. The second kappa shape index (κ2) is 8.81. The van der Waals surface area contributed by atoms with Gasteiger partial charge in [0.15, 0.2) is 5.65 Å². The van der Waals surface area contributed by atoms with Crippen LogP contribution in [0.2, 0.25) is 0 Å². The summed E-state index contributed by atoms with van der Waals surface area (Å²) in [6, 6.07) is 14.6. The minimum atomic E-state index is -2.55. The number of alkyl halides is 2. The number of pyridine rings is 2. The molecule has 0 amide bonds. The van der Waals surface area contributed by atoms with Gasteiger partial charge < -0.3 is 9.88 Å². The number of nitrogens with one attached hydrogen (secondary N) is 1. The highest BCUT2D eigenvalue weighted by Gasteiger charge is 2.16. The van der Waals surface area contributed by atoms with Gasteiger partial charge in [-0.2, -0.15) is 5.10 Å². The maximum atomic E-state index is 12.9. The Kier molecular flexibility index (Phi) is 5.54. The van der Waals surface area contributed by atoms with E-state index >= 15 is 0 Å². The summed E-state index contributed by atoms with van der Waals surface area (Å²) in [6.07, 6.45) is 2.41. The number of halogens is 2. The molecule has 0 aliphatic rings. The maximum Gasteiger partial charge on any atom is 0.263 e. The van der Waals surface area contributed by atoms with Crippen LogP contribution in [0.15, 0.2) is 78.0 Å².